The molecule has 3 aromatic rings. The lowest BCUT2D eigenvalue weighted by Gasteiger charge is -2.07. The van der Waals surface area contributed by atoms with Gasteiger partial charge in [-0.15, -0.1) is 11.3 Å². The van der Waals surface area contributed by atoms with Gasteiger partial charge in [0.15, 0.2) is 17.4 Å². The number of hydrogen-bond donors (Lipinski definition) is 1. The molecule has 0 bridgehead atoms. The first kappa shape index (κ1) is 18.1. The highest BCUT2D eigenvalue weighted by Gasteiger charge is 2.17. The Balaban J connectivity index is 1.57. The lowest BCUT2D eigenvalue weighted by atomic mass is 10.1. The number of nitrogens with zero attached hydrogens (tertiary/aromatic N) is 1. The predicted molar refractivity (Wildman–Crippen MR) is 100 cm³/mol. The maximum absolute atomic E-state index is 12.0. The van der Waals surface area contributed by atoms with Crippen LogP contribution in [0.2, 0.25) is 0 Å². The number of esters is 1. The molecule has 0 saturated heterocycles. The minimum absolute atomic E-state index is 0.0502. The summed E-state index contributed by atoms with van der Waals surface area (Å²) < 4.78 is 11.6. The van der Waals surface area contributed by atoms with Gasteiger partial charge in [-0.3, -0.25) is 4.79 Å². The van der Waals surface area contributed by atoms with Crippen molar-refractivity contribution in [1.82, 2.24) is 10.3 Å². The van der Waals surface area contributed by atoms with E-state index in [1.165, 1.54) is 17.4 Å². The van der Waals surface area contributed by atoms with Gasteiger partial charge in [0.2, 0.25) is 5.76 Å². The maximum Gasteiger partial charge on any atom is 0.374 e. The molecule has 2 aromatic heterocycles. The second-order valence-corrected chi connectivity index (χ2v) is 7.29. The molecular formula is C19H20N2O4S. The van der Waals surface area contributed by atoms with E-state index in [1.807, 2.05) is 24.3 Å². The highest BCUT2D eigenvalue weighted by molar-refractivity contribution is 7.21. The number of benzene rings is 1. The molecule has 1 amide bonds. The van der Waals surface area contributed by atoms with Gasteiger partial charge in [0.1, 0.15) is 0 Å². The molecule has 0 aliphatic carbocycles. The highest BCUT2D eigenvalue weighted by Crippen LogP contribution is 2.31. The minimum atomic E-state index is -0.670. The first-order valence-corrected chi connectivity index (χ1v) is 9.24. The summed E-state index contributed by atoms with van der Waals surface area (Å²) in [5.41, 5.74) is 0.881. The molecule has 3 rings (SSSR count). The van der Waals surface area contributed by atoms with Crippen LogP contribution in [0, 0.1) is 5.92 Å². The van der Waals surface area contributed by atoms with Crippen molar-refractivity contribution in [3.63, 3.8) is 0 Å². The van der Waals surface area contributed by atoms with Crippen LogP contribution >= 0.6 is 11.3 Å². The molecule has 0 aliphatic heterocycles. The van der Waals surface area contributed by atoms with Crippen molar-refractivity contribution in [2.45, 2.75) is 20.3 Å². The quantitative estimate of drug-likeness (QED) is 0.637. The van der Waals surface area contributed by atoms with E-state index in [0.29, 0.717) is 23.2 Å². The van der Waals surface area contributed by atoms with E-state index < -0.39 is 5.97 Å². The zero-order valence-electron chi connectivity index (χ0n) is 14.7. The standard InChI is InChI=1S/C19H20N2O4S/c1-12(2)9-10-20-17(22)11-24-19(23)15-8-7-14(25-15)18-21-13-5-3-4-6-16(13)26-18/h3-8,12H,9-11H2,1-2H3,(H,20,22). The summed E-state index contributed by atoms with van der Waals surface area (Å²) in [4.78, 5) is 28.2. The van der Waals surface area contributed by atoms with Gasteiger partial charge in [-0.1, -0.05) is 26.0 Å². The van der Waals surface area contributed by atoms with Gasteiger partial charge < -0.3 is 14.5 Å². The van der Waals surface area contributed by atoms with Gasteiger partial charge in [0.25, 0.3) is 5.91 Å². The van der Waals surface area contributed by atoms with Crippen molar-refractivity contribution < 1.29 is 18.7 Å². The number of para-hydroxylation sites is 1. The predicted octanol–water partition coefficient (Wildman–Crippen LogP) is 3.88. The fourth-order valence-corrected chi connectivity index (χ4v) is 3.22. The van der Waals surface area contributed by atoms with E-state index >= 15 is 0 Å². The lowest BCUT2D eigenvalue weighted by Crippen LogP contribution is -2.30. The number of rotatable bonds is 7. The summed E-state index contributed by atoms with van der Waals surface area (Å²) in [6, 6.07) is 11.0. The van der Waals surface area contributed by atoms with Crippen molar-refractivity contribution in [3.05, 3.63) is 42.2 Å². The van der Waals surface area contributed by atoms with E-state index in [2.05, 4.69) is 24.1 Å². The molecule has 1 N–H and O–H groups in total. The normalized spacial score (nSPS) is 11.0. The van der Waals surface area contributed by atoms with Crippen LogP contribution in [0.3, 0.4) is 0 Å². The molecule has 0 spiro atoms. The lowest BCUT2D eigenvalue weighted by molar-refractivity contribution is -0.124. The number of fused-ring (bicyclic) bond motifs is 1. The second kappa shape index (κ2) is 8.14. The molecule has 2 heterocycles. The van der Waals surface area contributed by atoms with E-state index in [4.69, 9.17) is 9.15 Å². The van der Waals surface area contributed by atoms with Crippen LogP contribution in [0.25, 0.3) is 21.0 Å². The Morgan fingerprint density at radius 2 is 2.04 bits per heavy atom. The number of thiazole rings is 1. The van der Waals surface area contributed by atoms with Crippen LogP contribution in [0.5, 0.6) is 0 Å². The summed E-state index contributed by atoms with van der Waals surface area (Å²) in [6.07, 6.45) is 0.878. The van der Waals surface area contributed by atoms with Gasteiger partial charge in [0, 0.05) is 6.54 Å². The monoisotopic (exact) mass is 372 g/mol. The molecule has 1 aromatic carbocycles. The van der Waals surface area contributed by atoms with Gasteiger partial charge in [-0.05, 0) is 36.6 Å². The van der Waals surface area contributed by atoms with Crippen LogP contribution in [0.1, 0.15) is 30.8 Å². The third kappa shape index (κ3) is 4.49. The van der Waals surface area contributed by atoms with E-state index in [-0.39, 0.29) is 18.3 Å². The van der Waals surface area contributed by atoms with Crippen molar-refractivity contribution in [2.75, 3.05) is 13.2 Å². The first-order valence-electron chi connectivity index (χ1n) is 8.42. The zero-order valence-corrected chi connectivity index (χ0v) is 15.5. The summed E-state index contributed by atoms with van der Waals surface area (Å²) >= 11 is 1.48. The summed E-state index contributed by atoms with van der Waals surface area (Å²) in [5.74, 6) is 0.0593. The highest BCUT2D eigenvalue weighted by atomic mass is 32.1. The number of aromatic nitrogens is 1. The second-order valence-electron chi connectivity index (χ2n) is 6.26. The molecule has 0 atom stereocenters. The summed E-state index contributed by atoms with van der Waals surface area (Å²) in [7, 11) is 0. The van der Waals surface area contributed by atoms with Crippen LogP contribution in [-0.2, 0) is 9.53 Å². The number of nitrogens with one attached hydrogen (secondary N) is 1. The fraction of sp³-hybridized carbons (Fsp3) is 0.316. The van der Waals surface area contributed by atoms with Crippen LogP contribution in [0.15, 0.2) is 40.8 Å². The molecule has 26 heavy (non-hydrogen) atoms. The molecule has 7 heteroatoms. The minimum Gasteiger partial charge on any atom is -0.450 e. The zero-order chi connectivity index (χ0) is 18.5. The number of carbonyl (C=O) groups is 2. The Labute approximate surface area is 155 Å². The van der Waals surface area contributed by atoms with Gasteiger partial charge in [-0.2, -0.15) is 0 Å². The van der Waals surface area contributed by atoms with E-state index in [9.17, 15) is 9.59 Å². The molecule has 0 fully saturated rings. The third-order valence-electron chi connectivity index (χ3n) is 3.69. The Hall–Kier alpha value is -2.67. The van der Waals surface area contributed by atoms with Crippen molar-refractivity contribution in [1.29, 1.82) is 0 Å². The summed E-state index contributed by atoms with van der Waals surface area (Å²) in [6.45, 7) is 4.39. The number of hydrogen-bond acceptors (Lipinski definition) is 6. The third-order valence-corrected chi connectivity index (χ3v) is 4.74. The number of furan rings is 1. The molecule has 0 saturated carbocycles. The van der Waals surface area contributed by atoms with Gasteiger partial charge in [0.05, 0.1) is 10.2 Å². The van der Waals surface area contributed by atoms with Crippen LogP contribution in [0.4, 0.5) is 0 Å². The summed E-state index contributed by atoms with van der Waals surface area (Å²) in [5, 5.41) is 3.40. The molecule has 0 aliphatic rings. The van der Waals surface area contributed by atoms with Gasteiger partial charge in [-0.25, -0.2) is 9.78 Å². The Bertz CT molecular complexity index is 880. The average molecular weight is 372 g/mol. The largest absolute Gasteiger partial charge is 0.450 e. The Morgan fingerprint density at radius 1 is 1.23 bits per heavy atom. The van der Waals surface area contributed by atoms with E-state index in [0.717, 1.165) is 16.6 Å². The molecule has 0 radical (unpaired) electrons. The maximum atomic E-state index is 12.0. The first-order chi connectivity index (χ1) is 12.5. The topological polar surface area (TPSA) is 81.4 Å². The smallest absolute Gasteiger partial charge is 0.374 e. The molecule has 0 unspecified atom stereocenters. The van der Waals surface area contributed by atoms with Crippen LogP contribution < -0.4 is 5.32 Å². The van der Waals surface area contributed by atoms with Crippen molar-refractivity contribution in [3.8, 4) is 10.8 Å². The average Bonchev–Trinajstić information content (AvgIpc) is 3.25. The SMILES string of the molecule is CC(C)CCNC(=O)COC(=O)c1ccc(-c2nc3ccccc3s2)o1. The molecular weight excluding hydrogens is 352 g/mol. The fourth-order valence-electron chi connectivity index (χ4n) is 2.29. The Morgan fingerprint density at radius 3 is 2.81 bits per heavy atom. The van der Waals surface area contributed by atoms with Crippen molar-refractivity contribution >= 4 is 33.4 Å². The number of carbonyl (C=O) groups excluding carboxylic acids is 2. The Kier molecular flexibility index (Phi) is 5.68. The van der Waals surface area contributed by atoms with Crippen LogP contribution in [-0.4, -0.2) is 30.0 Å². The van der Waals surface area contributed by atoms with Gasteiger partial charge >= 0.3 is 5.97 Å². The molecule has 6 nitrogen and oxygen atoms in total. The van der Waals surface area contributed by atoms with E-state index in [1.54, 1.807) is 6.07 Å². The van der Waals surface area contributed by atoms with Crippen molar-refractivity contribution in [2.24, 2.45) is 5.92 Å². The number of amides is 1. The molecule has 136 valence electrons. The number of ether oxygens (including phenoxy) is 1.